The maximum Gasteiger partial charge on any atom is 0.208 e. The Labute approximate surface area is 155 Å². The topological polar surface area (TPSA) is 80.3 Å². The van der Waals surface area contributed by atoms with E-state index >= 15 is 0 Å². The number of benzene rings is 1. The van der Waals surface area contributed by atoms with Crippen LogP contribution >= 0.6 is 0 Å². The van der Waals surface area contributed by atoms with Crippen LogP contribution in [0.1, 0.15) is 18.4 Å². The molecule has 0 saturated carbocycles. The van der Waals surface area contributed by atoms with Crippen molar-refractivity contribution in [3.63, 3.8) is 0 Å². The van der Waals surface area contributed by atoms with E-state index in [1.54, 1.807) is 6.20 Å². The fraction of sp³-hybridized carbons (Fsp3) is 0.421. The number of sulfonamides is 1. The zero-order valence-corrected chi connectivity index (χ0v) is 15.8. The van der Waals surface area contributed by atoms with Crippen molar-refractivity contribution < 1.29 is 13.2 Å². The molecule has 1 saturated heterocycles. The average Bonchev–Trinajstić information content (AvgIpc) is 2.57. The van der Waals surface area contributed by atoms with Gasteiger partial charge in [0.15, 0.2) is 0 Å². The first kappa shape index (κ1) is 18.8. The van der Waals surface area contributed by atoms with Gasteiger partial charge in [-0.3, -0.25) is 4.98 Å². The number of rotatable bonds is 9. The van der Waals surface area contributed by atoms with E-state index in [0.29, 0.717) is 19.2 Å². The second-order valence-corrected chi connectivity index (χ2v) is 8.46. The highest BCUT2D eigenvalue weighted by molar-refractivity contribution is 7.88. The molecule has 1 atom stereocenters. The van der Waals surface area contributed by atoms with Gasteiger partial charge in [0.05, 0.1) is 12.5 Å². The summed E-state index contributed by atoms with van der Waals surface area (Å²) in [6, 6.07) is 10.7. The molecule has 0 radical (unpaired) electrons. The summed E-state index contributed by atoms with van der Waals surface area (Å²) in [5.41, 5.74) is 3.27. The van der Waals surface area contributed by atoms with Crippen LogP contribution in [0.3, 0.4) is 0 Å². The number of pyridine rings is 1. The van der Waals surface area contributed by atoms with Crippen LogP contribution < -0.4 is 14.8 Å². The van der Waals surface area contributed by atoms with Crippen molar-refractivity contribution in [2.75, 3.05) is 26.0 Å². The molecule has 1 fully saturated rings. The van der Waals surface area contributed by atoms with Gasteiger partial charge >= 0.3 is 0 Å². The molecule has 140 valence electrons. The van der Waals surface area contributed by atoms with Crippen LogP contribution in [0.15, 0.2) is 42.7 Å². The number of hydrogen-bond donors (Lipinski definition) is 2. The number of ether oxygens (including phenoxy) is 1. The van der Waals surface area contributed by atoms with Crippen LogP contribution in [0.5, 0.6) is 5.75 Å². The molecule has 2 aromatic rings. The second kappa shape index (κ2) is 8.62. The van der Waals surface area contributed by atoms with E-state index in [0.717, 1.165) is 42.7 Å². The molecule has 0 aliphatic carbocycles. The minimum Gasteiger partial charge on any atom is -0.490 e. The SMILES string of the molecule is CS(=O)(=O)NCCCc1cccc(-c2cncc(OC[C@@H]3CCN3)c2)c1. The molecule has 6 nitrogen and oxygen atoms in total. The highest BCUT2D eigenvalue weighted by Gasteiger charge is 2.16. The van der Waals surface area contributed by atoms with Crippen LogP contribution in [-0.2, 0) is 16.4 Å². The lowest BCUT2D eigenvalue weighted by molar-refractivity contribution is 0.217. The highest BCUT2D eigenvalue weighted by atomic mass is 32.2. The van der Waals surface area contributed by atoms with Crippen LogP contribution in [0.4, 0.5) is 0 Å². The molecule has 0 bridgehead atoms. The third-order valence-electron chi connectivity index (χ3n) is 4.36. The van der Waals surface area contributed by atoms with Crippen LogP contribution in [0.2, 0.25) is 0 Å². The first-order chi connectivity index (χ1) is 12.5. The Morgan fingerprint density at radius 2 is 2.12 bits per heavy atom. The quantitative estimate of drug-likeness (QED) is 0.655. The summed E-state index contributed by atoms with van der Waals surface area (Å²) in [5.74, 6) is 0.777. The molecular formula is C19H25N3O3S. The van der Waals surface area contributed by atoms with E-state index in [2.05, 4.69) is 27.2 Å². The number of aromatic nitrogens is 1. The normalized spacial score (nSPS) is 16.9. The summed E-state index contributed by atoms with van der Waals surface area (Å²) in [7, 11) is -3.12. The molecule has 0 amide bonds. The molecule has 3 rings (SSSR count). The largest absolute Gasteiger partial charge is 0.490 e. The average molecular weight is 375 g/mol. The number of hydrogen-bond acceptors (Lipinski definition) is 5. The molecule has 1 aromatic heterocycles. The summed E-state index contributed by atoms with van der Waals surface area (Å²) in [5, 5.41) is 3.31. The summed E-state index contributed by atoms with van der Waals surface area (Å²) < 4.78 is 30.5. The van der Waals surface area contributed by atoms with Crippen LogP contribution in [-0.4, -0.2) is 45.4 Å². The molecule has 1 aromatic carbocycles. The van der Waals surface area contributed by atoms with Gasteiger partial charge in [-0.2, -0.15) is 0 Å². The van der Waals surface area contributed by atoms with Crippen molar-refractivity contribution in [2.24, 2.45) is 0 Å². The van der Waals surface area contributed by atoms with Gasteiger partial charge in [-0.05, 0) is 43.0 Å². The maximum atomic E-state index is 11.1. The van der Waals surface area contributed by atoms with Crippen LogP contribution in [0.25, 0.3) is 11.1 Å². The highest BCUT2D eigenvalue weighted by Crippen LogP contribution is 2.24. The smallest absolute Gasteiger partial charge is 0.208 e. The first-order valence-electron chi connectivity index (χ1n) is 8.85. The molecule has 26 heavy (non-hydrogen) atoms. The Hall–Kier alpha value is -1.96. The van der Waals surface area contributed by atoms with Gasteiger partial charge in [0.25, 0.3) is 0 Å². The fourth-order valence-corrected chi connectivity index (χ4v) is 3.31. The fourth-order valence-electron chi connectivity index (χ4n) is 2.80. The lowest BCUT2D eigenvalue weighted by Gasteiger charge is -2.27. The molecule has 7 heteroatoms. The van der Waals surface area contributed by atoms with Crippen molar-refractivity contribution >= 4 is 10.0 Å². The summed E-state index contributed by atoms with van der Waals surface area (Å²) in [4.78, 5) is 4.29. The van der Waals surface area contributed by atoms with E-state index in [4.69, 9.17) is 4.74 Å². The van der Waals surface area contributed by atoms with E-state index in [1.807, 2.05) is 24.4 Å². The second-order valence-electron chi connectivity index (χ2n) is 6.63. The number of nitrogens with one attached hydrogen (secondary N) is 2. The number of nitrogens with zero attached hydrogens (tertiary/aromatic N) is 1. The Balaban J connectivity index is 1.59. The molecule has 0 spiro atoms. The Kier molecular flexibility index (Phi) is 6.24. The predicted octanol–water partition coefficient (Wildman–Crippen LogP) is 1.97. The van der Waals surface area contributed by atoms with E-state index in [9.17, 15) is 8.42 Å². The van der Waals surface area contributed by atoms with Gasteiger partial charge in [-0.1, -0.05) is 24.3 Å². The molecule has 0 unspecified atom stereocenters. The zero-order chi connectivity index (χ0) is 18.4. The molecule has 1 aliphatic heterocycles. The van der Waals surface area contributed by atoms with Crippen LogP contribution in [0, 0.1) is 0 Å². The molecule has 2 N–H and O–H groups in total. The van der Waals surface area contributed by atoms with Gasteiger partial charge in [0, 0.05) is 24.3 Å². The summed E-state index contributed by atoms with van der Waals surface area (Å²) in [6.07, 6.45) is 7.47. The van der Waals surface area contributed by atoms with Crippen molar-refractivity contribution in [3.05, 3.63) is 48.3 Å². The predicted molar refractivity (Wildman–Crippen MR) is 103 cm³/mol. The zero-order valence-electron chi connectivity index (χ0n) is 14.9. The van der Waals surface area contributed by atoms with Gasteiger partial charge in [0.2, 0.25) is 10.0 Å². The molecule has 2 heterocycles. The van der Waals surface area contributed by atoms with Crippen molar-refractivity contribution in [2.45, 2.75) is 25.3 Å². The standard InChI is InChI=1S/C19H25N3O3S/c1-26(23,24)22-8-3-5-15-4-2-6-16(10-15)17-11-19(13-20-12-17)25-14-18-7-9-21-18/h2,4,6,10-13,18,21-22H,3,5,7-9,14H2,1H3/t18-/m0/s1. The van der Waals surface area contributed by atoms with E-state index in [1.165, 1.54) is 11.8 Å². The van der Waals surface area contributed by atoms with Crippen molar-refractivity contribution in [1.29, 1.82) is 0 Å². The monoisotopic (exact) mass is 375 g/mol. The van der Waals surface area contributed by atoms with Gasteiger partial charge < -0.3 is 10.1 Å². The minimum absolute atomic E-state index is 0.447. The van der Waals surface area contributed by atoms with Gasteiger partial charge in [-0.25, -0.2) is 13.1 Å². The molecular weight excluding hydrogens is 350 g/mol. The Morgan fingerprint density at radius 1 is 1.27 bits per heavy atom. The Bertz CT molecular complexity index is 835. The minimum atomic E-state index is -3.12. The van der Waals surface area contributed by atoms with Gasteiger partial charge in [0.1, 0.15) is 12.4 Å². The van der Waals surface area contributed by atoms with Crippen molar-refractivity contribution in [3.8, 4) is 16.9 Å². The third kappa shape index (κ3) is 5.79. The third-order valence-corrected chi connectivity index (χ3v) is 5.09. The lowest BCUT2D eigenvalue weighted by atomic mass is 10.0. The first-order valence-corrected chi connectivity index (χ1v) is 10.7. The van der Waals surface area contributed by atoms with E-state index in [-0.39, 0.29) is 0 Å². The van der Waals surface area contributed by atoms with Gasteiger partial charge in [-0.15, -0.1) is 0 Å². The lowest BCUT2D eigenvalue weighted by Crippen LogP contribution is -2.46. The summed E-state index contributed by atoms with van der Waals surface area (Å²) in [6.45, 7) is 2.18. The molecule has 1 aliphatic rings. The van der Waals surface area contributed by atoms with E-state index < -0.39 is 10.0 Å². The maximum absolute atomic E-state index is 11.1. The van der Waals surface area contributed by atoms with Crippen molar-refractivity contribution in [1.82, 2.24) is 15.0 Å². The summed E-state index contributed by atoms with van der Waals surface area (Å²) >= 11 is 0. The Morgan fingerprint density at radius 3 is 2.85 bits per heavy atom. The number of aryl methyl sites for hydroxylation is 1.